The van der Waals surface area contributed by atoms with E-state index in [9.17, 15) is 0 Å². The van der Waals surface area contributed by atoms with Crippen LogP contribution in [0.5, 0.6) is 0 Å². The van der Waals surface area contributed by atoms with Gasteiger partial charge >= 0.3 is 7.12 Å². The van der Waals surface area contributed by atoms with Crippen molar-refractivity contribution < 1.29 is 10.0 Å². The molecule has 2 nitrogen and oxygen atoms in total. The van der Waals surface area contributed by atoms with Crippen molar-refractivity contribution in [1.82, 2.24) is 0 Å². The fourth-order valence-corrected chi connectivity index (χ4v) is 6.87. The third-order valence-corrected chi connectivity index (χ3v) is 9.70. The van der Waals surface area contributed by atoms with E-state index >= 15 is 0 Å². The molecular formula is C34H52BBrO2. The van der Waals surface area contributed by atoms with Crippen LogP contribution in [0.2, 0.25) is 0 Å². The number of halogens is 1. The van der Waals surface area contributed by atoms with Gasteiger partial charge in [-0.15, -0.1) is 0 Å². The van der Waals surface area contributed by atoms with Crippen molar-refractivity contribution in [2.75, 3.05) is 0 Å². The van der Waals surface area contributed by atoms with Crippen LogP contribution in [-0.4, -0.2) is 17.2 Å². The zero-order valence-electron chi connectivity index (χ0n) is 24.1. The molecule has 0 radical (unpaired) electrons. The smallest absolute Gasteiger partial charge is 0.423 e. The van der Waals surface area contributed by atoms with Crippen LogP contribution in [-0.2, 0) is 0 Å². The van der Waals surface area contributed by atoms with Crippen molar-refractivity contribution in [3.8, 4) is 0 Å². The van der Waals surface area contributed by atoms with Crippen molar-refractivity contribution in [1.29, 1.82) is 0 Å². The third kappa shape index (κ3) is 10.8. The highest BCUT2D eigenvalue weighted by molar-refractivity contribution is 9.10. The molecule has 4 rings (SSSR count). The Bertz CT molecular complexity index is 866. The molecule has 2 fully saturated rings. The summed E-state index contributed by atoms with van der Waals surface area (Å²) in [5.74, 6) is 3.45. The van der Waals surface area contributed by atoms with Crippen molar-refractivity contribution in [3.63, 3.8) is 0 Å². The topological polar surface area (TPSA) is 40.5 Å². The van der Waals surface area contributed by atoms with Crippen LogP contribution in [0.4, 0.5) is 0 Å². The van der Waals surface area contributed by atoms with E-state index in [1.165, 1.54) is 113 Å². The van der Waals surface area contributed by atoms with E-state index in [0.717, 1.165) is 17.8 Å². The quantitative estimate of drug-likeness (QED) is 0.204. The normalized spacial score (nSPS) is 23.4. The van der Waals surface area contributed by atoms with Crippen LogP contribution >= 0.6 is 15.9 Å². The Kier molecular flexibility index (Phi) is 14.5. The van der Waals surface area contributed by atoms with Gasteiger partial charge in [-0.1, -0.05) is 118 Å². The highest BCUT2D eigenvalue weighted by atomic mass is 79.9. The number of unbranched alkanes of at least 4 members (excludes halogenated alkanes) is 4. The lowest BCUT2D eigenvalue weighted by atomic mass is 9.75. The zero-order valence-corrected chi connectivity index (χ0v) is 25.7. The first kappa shape index (κ1) is 31.4. The molecule has 0 bridgehead atoms. The van der Waals surface area contributed by atoms with Crippen molar-refractivity contribution in [2.45, 2.75) is 128 Å². The number of benzene rings is 2. The monoisotopic (exact) mass is 582 g/mol. The molecule has 4 heteroatoms. The second kappa shape index (κ2) is 17.6. The molecule has 0 heterocycles. The fourth-order valence-electron chi connectivity index (χ4n) is 6.61. The maximum atomic E-state index is 9.12. The fraction of sp³-hybridized carbons (Fsp3) is 0.647. The molecule has 2 aliphatic rings. The van der Waals surface area contributed by atoms with Crippen molar-refractivity contribution in [3.05, 3.63) is 64.1 Å². The summed E-state index contributed by atoms with van der Waals surface area (Å²) in [6.45, 7) is 4.56. The SMILES string of the molecule is CCCCC[C@H]1CC[C@H](c2ccc(B(O)O)cc2)CC1.CCCCC[C@H]1CC[C@H](c2ccc(Br)cc2)CC1. The first-order valence-electron chi connectivity index (χ1n) is 15.7. The highest BCUT2D eigenvalue weighted by Crippen LogP contribution is 2.38. The average molecular weight is 584 g/mol. The number of rotatable bonds is 11. The Morgan fingerprint density at radius 2 is 1.00 bits per heavy atom. The highest BCUT2D eigenvalue weighted by Gasteiger charge is 2.23. The van der Waals surface area contributed by atoms with E-state index in [-0.39, 0.29) is 0 Å². The van der Waals surface area contributed by atoms with Crippen molar-refractivity contribution >= 4 is 28.5 Å². The first-order valence-corrected chi connectivity index (χ1v) is 16.5. The minimum Gasteiger partial charge on any atom is -0.423 e. The maximum absolute atomic E-state index is 9.12. The van der Waals surface area contributed by atoms with Gasteiger partial charge in [0, 0.05) is 4.47 Å². The van der Waals surface area contributed by atoms with E-state index in [4.69, 9.17) is 10.0 Å². The molecule has 210 valence electrons. The Morgan fingerprint density at radius 3 is 1.37 bits per heavy atom. The summed E-state index contributed by atoms with van der Waals surface area (Å²) >= 11 is 3.51. The number of hydrogen-bond acceptors (Lipinski definition) is 2. The molecule has 2 aromatic carbocycles. The van der Waals surface area contributed by atoms with Crippen LogP contribution in [0.25, 0.3) is 0 Å². The lowest BCUT2D eigenvalue weighted by Gasteiger charge is -2.29. The standard InChI is InChI=1S/C17H27BO2.C17H25Br/c1-2-3-4-5-14-6-8-15(9-7-14)16-10-12-17(13-11-16)18(19)20;1-2-3-4-5-14-6-8-15(9-7-14)16-10-12-17(18)13-11-16/h10-15,19-20H,2-9H2,1H3;10-15H,2-9H2,1H3/t2*14-,15-. The Balaban J connectivity index is 0.000000212. The Labute approximate surface area is 242 Å². The van der Waals surface area contributed by atoms with Gasteiger partial charge in [0.25, 0.3) is 0 Å². The second-order valence-corrected chi connectivity index (χ2v) is 12.9. The van der Waals surface area contributed by atoms with Crippen LogP contribution in [0.15, 0.2) is 53.0 Å². The molecule has 2 saturated carbocycles. The second-order valence-electron chi connectivity index (χ2n) is 12.0. The van der Waals surface area contributed by atoms with Crippen LogP contribution in [0, 0.1) is 11.8 Å². The van der Waals surface area contributed by atoms with Gasteiger partial charge in [-0.2, -0.15) is 0 Å². The van der Waals surface area contributed by atoms with Gasteiger partial charge in [-0.05, 0) is 104 Å². The largest absolute Gasteiger partial charge is 0.488 e. The van der Waals surface area contributed by atoms with E-state index < -0.39 is 7.12 Å². The Morgan fingerprint density at radius 1 is 0.605 bits per heavy atom. The molecule has 0 saturated heterocycles. The molecule has 0 aliphatic heterocycles. The van der Waals surface area contributed by atoms with Gasteiger partial charge < -0.3 is 10.0 Å². The summed E-state index contributed by atoms with van der Waals surface area (Å²) < 4.78 is 1.19. The van der Waals surface area contributed by atoms with E-state index in [1.807, 2.05) is 12.1 Å². The van der Waals surface area contributed by atoms with Gasteiger partial charge in [0.15, 0.2) is 0 Å². The predicted molar refractivity (Wildman–Crippen MR) is 168 cm³/mol. The van der Waals surface area contributed by atoms with Gasteiger partial charge in [-0.3, -0.25) is 0 Å². The minimum atomic E-state index is -1.35. The lowest BCUT2D eigenvalue weighted by Crippen LogP contribution is -2.29. The molecule has 0 aromatic heterocycles. The molecule has 2 N–H and O–H groups in total. The summed E-state index contributed by atoms with van der Waals surface area (Å²) in [4.78, 5) is 0. The summed E-state index contributed by atoms with van der Waals surface area (Å²) in [7, 11) is -1.35. The van der Waals surface area contributed by atoms with E-state index in [0.29, 0.717) is 11.4 Å². The van der Waals surface area contributed by atoms with Crippen molar-refractivity contribution in [2.24, 2.45) is 11.8 Å². The molecule has 2 aliphatic carbocycles. The van der Waals surface area contributed by atoms with Gasteiger partial charge in [0.1, 0.15) is 0 Å². The van der Waals surface area contributed by atoms with Gasteiger partial charge in [0.05, 0.1) is 0 Å². The number of hydrogen-bond donors (Lipinski definition) is 2. The minimum absolute atomic E-state index is 0.585. The van der Waals surface area contributed by atoms with Gasteiger partial charge in [-0.25, -0.2) is 0 Å². The molecule has 0 spiro atoms. The molecule has 0 unspecified atom stereocenters. The molecule has 0 atom stereocenters. The first-order chi connectivity index (χ1) is 18.5. The summed E-state index contributed by atoms with van der Waals surface area (Å²) in [5.41, 5.74) is 3.49. The van der Waals surface area contributed by atoms with E-state index in [2.05, 4.69) is 66.2 Å². The van der Waals surface area contributed by atoms with Crippen LogP contribution in [0.1, 0.15) is 140 Å². The van der Waals surface area contributed by atoms with E-state index in [1.54, 1.807) is 5.56 Å². The third-order valence-electron chi connectivity index (χ3n) is 9.17. The molecule has 38 heavy (non-hydrogen) atoms. The molecular weight excluding hydrogens is 531 g/mol. The Hall–Kier alpha value is -1.10. The average Bonchev–Trinajstić information content (AvgIpc) is 2.95. The summed E-state index contributed by atoms with van der Waals surface area (Å²) in [5, 5.41) is 18.2. The molecule has 2 aromatic rings. The summed E-state index contributed by atoms with van der Waals surface area (Å²) in [6, 6.07) is 16.8. The zero-order chi connectivity index (χ0) is 27.2. The lowest BCUT2D eigenvalue weighted by molar-refractivity contribution is 0.303. The molecule has 0 amide bonds. The van der Waals surface area contributed by atoms with Crippen LogP contribution in [0.3, 0.4) is 0 Å². The van der Waals surface area contributed by atoms with Gasteiger partial charge in [0.2, 0.25) is 0 Å². The van der Waals surface area contributed by atoms with Crippen LogP contribution < -0.4 is 5.46 Å². The maximum Gasteiger partial charge on any atom is 0.488 e. The summed E-state index contributed by atoms with van der Waals surface area (Å²) in [6.07, 6.45) is 22.2. The predicted octanol–water partition coefficient (Wildman–Crippen LogP) is 9.52.